The number of halogens is 3. The van der Waals surface area contributed by atoms with Gasteiger partial charge < -0.3 is 123 Å². The molecule has 0 radical (unpaired) electrons. The van der Waals surface area contributed by atoms with Crippen LogP contribution in [-0.4, -0.2) is 142 Å². The van der Waals surface area contributed by atoms with Gasteiger partial charge in [-0.25, -0.2) is 4.98 Å². The number of phenolic OH excluding ortho intramolecular Hbond substituents is 24. The Morgan fingerprint density at radius 2 is 0.600 bits per heavy atom. The molecule has 12 aromatic carbocycles. The molecular formula is C81H64Br2IN5O30S. The summed E-state index contributed by atoms with van der Waals surface area (Å²) < 4.78 is 2.10. The van der Waals surface area contributed by atoms with Crippen LogP contribution in [0, 0.1) is 45.2 Å². The molecule has 0 aliphatic heterocycles. The van der Waals surface area contributed by atoms with Crippen molar-refractivity contribution in [2.45, 2.75) is 32.1 Å². The molecule has 39 heteroatoms. The monoisotopic (exact) mass is 1900 g/mol. The number of nitrogens with zero attached hydrogens (tertiary/aromatic N) is 5. The number of phenols is 24. The van der Waals surface area contributed by atoms with Crippen molar-refractivity contribution < 1.29 is 137 Å². The second-order valence-electron chi connectivity index (χ2n) is 25.4. The summed E-state index contributed by atoms with van der Waals surface area (Å²) in [6.07, 6.45) is 2.53. The number of aromatic nitrogens is 1. The highest BCUT2D eigenvalue weighted by atomic mass is 127. The van der Waals surface area contributed by atoms with Crippen LogP contribution in [0.15, 0.2) is 191 Å². The molecule has 0 saturated heterocycles. The van der Waals surface area contributed by atoms with E-state index in [2.05, 4.69) is 59.4 Å². The lowest BCUT2D eigenvalue weighted by Gasteiger charge is -2.08. The van der Waals surface area contributed by atoms with Gasteiger partial charge >= 0.3 is 0 Å². The van der Waals surface area contributed by atoms with Crippen molar-refractivity contribution >= 4 is 82.8 Å². The van der Waals surface area contributed by atoms with E-state index in [1.807, 2.05) is 6.07 Å². The van der Waals surface area contributed by atoms with Crippen LogP contribution < -0.4 is 0 Å². The normalized spacial score (nSPS) is 10.4. The molecule has 0 saturated carbocycles. The molecule has 1 heterocycles. The first-order valence-electron chi connectivity index (χ1n) is 33.7. The Morgan fingerprint density at radius 1 is 0.317 bits per heavy atom. The number of thiazole rings is 1. The van der Waals surface area contributed by atoms with Gasteiger partial charge in [-0.15, -0.1) is 11.3 Å². The summed E-state index contributed by atoms with van der Waals surface area (Å²) in [5.41, 5.74) is 4.96. The topological polar surface area (TPSA) is 652 Å². The van der Waals surface area contributed by atoms with E-state index >= 15 is 0 Å². The fourth-order valence-corrected chi connectivity index (χ4v) is 13.6. The standard InChI is InChI=1S/C15H10BrNO4S.C14H11NO4.C13H11BrO4.C13H11IO4.C13H10N2O8.C13H11NO6/c16-9-5-13(21)12(20)4-8(9)14-6-17-15(22-14)7-1-2-10(18)11(19)3-7;15-7-10-6-14(19)13(18)5-9(10)3-8-1-2-11(16)12(17)4-8;2*14-9-6-13(18)12(17)5-8(9)3-7-1-2-10(15)11(16)4-7;16-10-2-6(8(14(20)21)4-12(10)18)1-7-3-11(17)13(19)5-9(7)15(22)23;15-10-2-1-7(4-11(10)16)3-8-5-12(17)13(18)6-9(8)14(19)20/h1-6,18-21H;1-2,4-6,16-19H,3H2;2*1-2,4-6,15-18H,3H2;2-5,16-19H,1H2;1-2,4-6,15-18H,3H2. The number of nitro benzene ring substituents is 3. The van der Waals surface area contributed by atoms with E-state index in [4.69, 9.17) is 5.26 Å². The molecule has 0 atom stereocenters. The number of rotatable bonds is 15. The highest BCUT2D eigenvalue weighted by molar-refractivity contribution is 14.1. The quantitative estimate of drug-likeness (QED) is 0.0196. The Labute approximate surface area is 709 Å². The van der Waals surface area contributed by atoms with Gasteiger partial charge in [-0.3, -0.25) is 30.3 Å². The van der Waals surface area contributed by atoms with E-state index in [1.165, 1.54) is 127 Å². The highest BCUT2D eigenvalue weighted by Crippen LogP contribution is 2.45. The minimum atomic E-state index is -0.819. The minimum absolute atomic E-state index is 0.0536. The van der Waals surface area contributed by atoms with E-state index in [0.29, 0.717) is 54.6 Å². The molecule has 0 unspecified atom stereocenters. The smallest absolute Gasteiger partial charge is 0.276 e. The predicted octanol–water partition coefficient (Wildman–Crippen LogP) is 15.5. The highest BCUT2D eigenvalue weighted by Gasteiger charge is 2.26. The van der Waals surface area contributed by atoms with Gasteiger partial charge in [-0.1, -0.05) is 40.2 Å². The van der Waals surface area contributed by atoms with Gasteiger partial charge in [0.2, 0.25) is 0 Å². The number of hydrogen-bond acceptors (Lipinski definition) is 33. The van der Waals surface area contributed by atoms with Crippen molar-refractivity contribution in [2.24, 2.45) is 0 Å². The molecule has 24 N–H and O–H groups in total. The lowest BCUT2D eigenvalue weighted by Crippen LogP contribution is -2.00. The molecule has 0 bridgehead atoms. The van der Waals surface area contributed by atoms with Crippen molar-refractivity contribution in [1.82, 2.24) is 4.98 Å². The zero-order valence-corrected chi connectivity index (χ0v) is 67.0. The molecule has 620 valence electrons. The zero-order valence-electron chi connectivity index (χ0n) is 60.8. The first-order valence-corrected chi connectivity index (χ1v) is 37.1. The largest absolute Gasteiger partial charge is 0.504 e. The van der Waals surface area contributed by atoms with Gasteiger partial charge in [-0.2, -0.15) is 5.26 Å². The van der Waals surface area contributed by atoms with Crippen molar-refractivity contribution in [3.05, 3.63) is 286 Å². The Balaban J connectivity index is 0.000000180. The summed E-state index contributed by atoms with van der Waals surface area (Å²) in [5, 5.41) is 268. The summed E-state index contributed by atoms with van der Waals surface area (Å²) in [5.74, 6) is -7.72. The third-order valence-corrected chi connectivity index (χ3v) is 20.4. The zero-order chi connectivity index (χ0) is 88.6. The molecule has 120 heavy (non-hydrogen) atoms. The number of nitro groups is 3. The second-order valence-corrected chi connectivity index (χ2v) is 29.3. The Hall–Kier alpha value is -15.2. The van der Waals surface area contributed by atoms with Crippen LogP contribution in [-0.2, 0) is 32.1 Å². The first-order chi connectivity index (χ1) is 56.5. The number of aromatic hydroxyl groups is 24. The molecule has 0 aliphatic rings. The molecule has 0 aliphatic carbocycles. The van der Waals surface area contributed by atoms with Crippen LogP contribution in [0.4, 0.5) is 17.1 Å². The van der Waals surface area contributed by atoms with E-state index < -0.39 is 60.6 Å². The molecule has 35 nitrogen and oxygen atoms in total. The molecule has 13 aromatic rings. The van der Waals surface area contributed by atoms with Crippen LogP contribution in [0.2, 0.25) is 0 Å². The summed E-state index contributed by atoms with van der Waals surface area (Å²) in [6, 6.07) is 40.2. The average molecular weight is 1910 g/mol. The summed E-state index contributed by atoms with van der Waals surface area (Å²) in [4.78, 5) is 35.7. The summed E-state index contributed by atoms with van der Waals surface area (Å²) in [6.45, 7) is 0. The molecule has 1 aromatic heterocycles. The fraction of sp³-hybridized carbons (Fsp3) is 0.0617. The Bertz CT molecular complexity index is 5950. The predicted molar refractivity (Wildman–Crippen MR) is 444 cm³/mol. The summed E-state index contributed by atoms with van der Waals surface area (Å²) in [7, 11) is 0. The first kappa shape index (κ1) is 90.4. The van der Waals surface area contributed by atoms with Crippen LogP contribution in [0.5, 0.6) is 138 Å². The van der Waals surface area contributed by atoms with E-state index in [0.717, 1.165) is 67.1 Å². The maximum Gasteiger partial charge on any atom is 0.276 e. The van der Waals surface area contributed by atoms with Gasteiger partial charge in [0.05, 0.1) is 49.5 Å². The number of nitriles is 1. The third kappa shape index (κ3) is 23.5. The lowest BCUT2D eigenvalue weighted by molar-refractivity contribution is -0.386. The van der Waals surface area contributed by atoms with Gasteiger partial charge in [0, 0.05) is 65.4 Å². The van der Waals surface area contributed by atoms with E-state index in [-0.39, 0.29) is 151 Å². The van der Waals surface area contributed by atoms with Crippen molar-refractivity contribution in [3.63, 3.8) is 0 Å². The second kappa shape index (κ2) is 39.5. The van der Waals surface area contributed by atoms with Gasteiger partial charge in [0.25, 0.3) is 17.1 Å². The van der Waals surface area contributed by atoms with E-state index in [9.17, 15) is 153 Å². The molecule has 13 rings (SSSR count). The van der Waals surface area contributed by atoms with E-state index in [1.54, 1.807) is 30.5 Å². The minimum Gasteiger partial charge on any atom is -0.504 e. The lowest BCUT2D eigenvalue weighted by atomic mass is 9.99. The number of hydrogen-bond donors (Lipinski definition) is 24. The average Bonchev–Trinajstić information content (AvgIpc) is 1.75. The van der Waals surface area contributed by atoms with Crippen molar-refractivity contribution in [1.29, 1.82) is 5.26 Å². The van der Waals surface area contributed by atoms with Crippen molar-refractivity contribution in [2.75, 3.05) is 0 Å². The van der Waals surface area contributed by atoms with Gasteiger partial charge in [-0.05, 0) is 224 Å². The van der Waals surface area contributed by atoms with Crippen molar-refractivity contribution in [3.8, 4) is 165 Å². The SMILES string of the molecule is N#Cc1cc(O)c(O)cc1Cc1ccc(O)c(O)c1.O=[N+]([O-])c1cc(O)c(O)cc1Cc1cc(O)c(O)cc1[N+](=O)[O-].O=[N+]([O-])c1cc(O)c(O)cc1Cc1ccc(O)c(O)c1.Oc1ccc(-c2ncc(-c3cc(O)c(O)cc3Br)s2)cc1O.Oc1ccc(Cc2cc(O)c(O)cc2Br)cc1O.Oc1ccc(Cc2cc(O)c(O)cc2I)cc1O. The third-order valence-electron chi connectivity index (χ3n) is 16.9. The summed E-state index contributed by atoms with van der Waals surface area (Å²) >= 11 is 10.0. The Kier molecular flexibility index (Phi) is 29.7. The molecule has 0 amide bonds. The Morgan fingerprint density at radius 3 is 0.983 bits per heavy atom. The fourth-order valence-electron chi connectivity index (χ4n) is 10.8. The van der Waals surface area contributed by atoms with Gasteiger partial charge in [0.15, 0.2) is 138 Å². The van der Waals surface area contributed by atoms with Crippen LogP contribution >= 0.6 is 65.8 Å². The van der Waals surface area contributed by atoms with Crippen LogP contribution in [0.25, 0.3) is 21.0 Å². The maximum atomic E-state index is 11.0. The molecule has 0 spiro atoms. The van der Waals surface area contributed by atoms with Crippen LogP contribution in [0.3, 0.4) is 0 Å². The van der Waals surface area contributed by atoms with Gasteiger partial charge in [0.1, 0.15) is 5.01 Å². The molecule has 0 fully saturated rings. The number of benzene rings is 12. The maximum absolute atomic E-state index is 11.0. The molecular weight excluding hydrogens is 1840 g/mol. The van der Waals surface area contributed by atoms with Crippen LogP contribution in [0.1, 0.15) is 61.2 Å².